The summed E-state index contributed by atoms with van der Waals surface area (Å²) in [6.07, 6.45) is -0.696. The topological polar surface area (TPSA) is 98.5 Å². The SMILES string of the molecule is O=C(COc1ccc2ccc(=O)oc2c1)N1CCN(C(=O)[C@H]2COc3ccccc3O2)CC1. The van der Waals surface area contributed by atoms with Gasteiger partial charge in [0.2, 0.25) is 6.10 Å². The minimum Gasteiger partial charge on any atom is -0.485 e. The predicted octanol–water partition coefficient (Wildman–Crippen LogP) is 1.68. The van der Waals surface area contributed by atoms with Crippen LogP contribution in [0.2, 0.25) is 0 Å². The summed E-state index contributed by atoms with van der Waals surface area (Å²) >= 11 is 0. The van der Waals surface area contributed by atoms with Crippen molar-refractivity contribution < 1.29 is 28.2 Å². The maximum atomic E-state index is 12.8. The van der Waals surface area contributed by atoms with E-state index in [-0.39, 0.29) is 25.0 Å². The first-order valence-electron chi connectivity index (χ1n) is 10.7. The van der Waals surface area contributed by atoms with E-state index in [4.69, 9.17) is 18.6 Å². The normalized spacial score (nSPS) is 17.6. The largest absolute Gasteiger partial charge is 0.485 e. The number of carbonyl (C=O) groups excluding carboxylic acids is 2. The van der Waals surface area contributed by atoms with E-state index in [2.05, 4.69) is 0 Å². The first-order chi connectivity index (χ1) is 16.1. The molecule has 0 aliphatic carbocycles. The summed E-state index contributed by atoms with van der Waals surface area (Å²) in [4.78, 5) is 40.2. The zero-order valence-electron chi connectivity index (χ0n) is 17.8. The van der Waals surface area contributed by atoms with Crippen LogP contribution < -0.4 is 19.8 Å². The van der Waals surface area contributed by atoms with Crippen molar-refractivity contribution in [3.8, 4) is 17.2 Å². The Morgan fingerprint density at radius 3 is 2.48 bits per heavy atom. The highest BCUT2D eigenvalue weighted by Gasteiger charge is 2.33. The van der Waals surface area contributed by atoms with Gasteiger partial charge in [0.1, 0.15) is 17.9 Å². The first kappa shape index (κ1) is 20.9. The van der Waals surface area contributed by atoms with Crippen LogP contribution in [0.5, 0.6) is 17.2 Å². The summed E-state index contributed by atoms with van der Waals surface area (Å²) in [5.41, 5.74) is -0.0475. The Hall–Kier alpha value is -4.01. The van der Waals surface area contributed by atoms with E-state index in [9.17, 15) is 14.4 Å². The molecule has 0 saturated carbocycles. The Kier molecular flexibility index (Phi) is 5.60. The fourth-order valence-electron chi connectivity index (χ4n) is 3.89. The molecule has 3 aromatic rings. The van der Waals surface area contributed by atoms with Crippen molar-refractivity contribution in [2.24, 2.45) is 0 Å². The molecule has 1 atom stereocenters. The second-order valence-electron chi connectivity index (χ2n) is 7.81. The molecule has 0 N–H and O–H groups in total. The molecule has 33 heavy (non-hydrogen) atoms. The monoisotopic (exact) mass is 450 g/mol. The zero-order chi connectivity index (χ0) is 22.8. The van der Waals surface area contributed by atoms with Crippen LogP contribution in [0.15, 0.2) is 63.8 Å². The number of nitrogens with zero attached hydrogens (tertiary/aromatic N) is 2. The average Bonchev–Trinajstić information content (AvgIpc) is 2.86. The fraction of sp³-hybridized carbons (Fsp3) is 0.292. The highest BCUT2D eigenvalue weighted by Crippen LogP contribution is 2.31. The van der Waals surface area contributed by atoms with Gasteiger partial charge in [-0.05, 0) is 30.3 Å². The number of carbonyl (C=O) groups is 2. The van der Waals surface area contributed by atoms with E-state index in [1.807, 2.05) is 12.1 Å². The van der Waals surface area contributed by atoms with Crippen molar-refractivity contribution in [1.29, 1.82) is 0 Å². The molecule has 0 spiro atoms. The maximum Gasteiger partial charge on any atom is 0.336 e. The van der Waals surface area contributed by atoms with Crippen LogP contribution in [-0.4, -0.2) is 67.1 Å². The molecule has 1 fully saturated rings. The van der Waals surface area contributed by atoms with Gasteiger partial charge in [-0.3, -0.25) is 9.59 Å². The second kappa shape index (κ2) is 8.85. The van der Waals surface area contributed by atoms with E-state index in [1.165, 1.54) is 6.07 Å². The third kappa shape index (κ3) is 4.48. The Morgan fingerprint density at radius 1 is 0.939 bits per heavy atom. The molecule has 9 nitrogen and oxygen atoms in total. The molecule has 0 radical (unpaired) electrons. The van der Waals surface area contributed by atoms with Crippen LogP contribution in [0.3, 0.4) is 0 Å². The molecule has 9 heteroatoms. The van der Waals surface area contributed by atoms with Gasteiger partial charge < -0.3 is 28.4 Å². The smallest absolute Gasteiger partial charge is 0.336 e. The second-order valence-corrected chi connectivity index (χ2v) is 7.81. The van der Waals surface area contributed by atoms with Crippen LogP contribution >= 0.6 is 0 Å². The Morgan fingerprint density at radius 2 is 1.67 bits per heavy atom. The molecule has 2 aromatic carbocycles. The van der Waals surface area contributed by atoms with Crippen LogP contribution in [0.4, 0.5) is 0 Å². The van der Waals surface area contributed by atoms with Gasteiger partial charge in [-0.15, -0.1) is 0 Å². The van der Waals surface area contributed by atoms with E-state index in [0.29, 0.717) is 49.0 Å². The zero-order valence-corrected chi connectivity index (χ0v) is 17.8. The molecule has 2 amide bonds. The molecule has 0 bridgehead atoms. The van der Waals surface area contributed by atoms with E-state index in [0.717, 1.165) is 5.39 Å². The summed E-state index contributed by atoms with van der Waals surface area (Å²) in [6, 6.07) is 15.3. The molecule has 1 aromatic heterocycles. The van der Waals surface area contributed by atoms with Crippen molar-refractivity contribution in [2.45, 2.75) is 6.10 Å². The highest BCUT2D eigenvalue weighted by atomic mass is 16.6. The van der Waals surface area contributed by atoms with Gasteiger partial charge in [0, 0.05) is 43.7 Å². The molecule has 2 aliphatic rings. The Balaban J connectivity index is 1.12. The lowest BCUT2D eigenvalue weighted by atomic mass is 10.2. The van der Waals surface area contributed by atoms with Gasteiger partial charge in [0.05, 0.1) is 0 Å². The van der Waals surface area contributed by atoms with Gasteiger partial charge in [-0.25, -0.2) is 4.79 Å². The molecule has 1 saturated heterocycles. The lowest BCUT2D eigenvalue weighted by Crippen LogP contribution is -2.55. The van der Waals surface area contributed by atoms with Crippen molar-refractivity contribution in [3.63, 3.8) is 0 Å². The number of para-hydroxylation sites is 2. The van der Waals surface area contributed by atoms with Crippen LogP contribution in [-0.2, 0) is 9.59 Å². The molecule has 170 valence electrons. The number of ether oxygens (including phenoxy) is 3. The molecular formula is C24H22N2O7. The standard InChI is InChI=1S/C24H22N2O7/c27-22(15-30-17-7-5-16-6-8-23(28)33-20(16)13-17)25-9-11-26(12-10-25)24(29)21-14-31-18-3-1-2-4-19(18)32-21/h1-8,13,21H,9-12,14-15H2/t21-/m1/s1. The highest BCUT2D eigenvalue weighted by molar-refractivity contribution is 5.83. The predicted molar refractivity (Wildman–Crippen MR) is 117 cm³/mol. The third-order valence-electron chi connectivity index (χ3n) is 5.68. The summed E-state index contributed by atoms with van der Waals surface area (Å²) in [6.45, 7) is 1.65. The van der Waals surface area contributed by atoms with Crippen LogP contribution in [0.25, 0.3) is 11.0 Å². The van der Waals surface area contributed by atoms with Gasteiger partial charge in [-0.2, -0.15) is 0 Å². The van der Waals surface area contributed by atoms with Gasteiger partial charge in [-0.1, -0.05) is 12.1 Å². The molecule has 0 unspecified atom stereocenters. The van der Waals surface area contributed by atoms with Gasteiger partial charge in [0.25, 0.3) is 11.8 Å². The number of hydrogen-bond acceptors (Lipinski definition) is 7. The summed E-state index contributed by atoms with van der Waals surface area (Å²) in [5.74, 6) is 1.30. The molecular weight excluding hydrogens is 428 g/mol. The van der Waals surface area contributed by atoms with E-state index < -0.39 is 11.7 Å². The van der Waals surface area contributed by atoms with Crippen molar-refractivity contribution >= 4 is 22.8 Å². The van der Waals surface area contributed by atoms with Gasteiger partial charge in [0.15, 0.2) is 18.1 Å². The number of amides is 2. The van der Waals surface area contributed by atoms with E-state index >= 15 is 0 Å². The number of benzene rings is 2. The number of hydrogen-bond donors (Lipinski definition) is 0. The fourth-order valence-corrected chi connectivity index (χ4v) is 3.89. The summed E-state index contributed by atoms with van der Waals surface area (Å²) < 4.78 is 22.2. The molecule has 2 aliphatic heterocycles. The van der Waals surface area contributed by atoms with Crippen molar-refractivity contribution in [1.82, 2.24) is 9.80 Å². The Bertz CT molecular complexity index is 1250. The molecule has 3 heterocycles. The minimum atomic E-state index is -0.696. The lowest BCUT2D eigenvalue weighted by molar-refractivity contribution is -0.146. The quantitative estimate of drug-likeness (QED) is 0.558. The minimum absolute atomic E-state index is 0.146. The third-order valence-corrected chi connectivity index (χ3v) is 5.68. The van der Waals surface area contributed by atoms with Crippen LogP contribution in [0.1, 0.15) is 0 Å². The lowest BCUT2D eigenvalue weighted by Gasteiger charge is -2.37. The average molecular weight is 450 g/mol. The maximum absolute atomic E-state index is 12.8. The number of rotatable bonds is 4. The van der Waals surface area contributed by atoms with Gasteiger partial charge >= 0.3 is 5.63 Å². The summed E-state index contributed by atoms with van der Waals surface area (Å²) in [7, 11) is 0. The van der Waals surface area contributed by atoms with Crippen molar-refractivity contribution in [3.05, 3.63) is 65.0 Å². The van der Waals surface area contributed by atoms with Crippen LogP contribution in [0, 0.1) is 0 Å². The number of piperazine rings is 1. The summed E-state index contributed by atoms with van der Waals surface area (Å²) in [5, 5.41) is 0.768. The number of fused-ring (bicyclic) bond motifs is 2. The van der Waals surface area contributed by atoms with Crippen molar-refractivity contribution in [2.75, 3.05) is 39.4 Å². The molecule has 5 rings (SSSR count). The Labute approximate surface area is 189 Å². The first-order valence-corrected chi connectivity index (χ1v) is 10.7. The van der Waals surface area contributed by atoms with E-state index in [1.54, 1.807) is 46.2 Å².